The van der Waals surface area contributed by atoms with Gasteiger partial charge >= 0.3 is 5.97 Å². The number of carbonyl (C=O) groups excluding carboxylic acids is 1. The second kappa shape index (κ2) is 7.65. The van der Waals surface area contributed by atoms with Crippen LogP contribution in [0.5, 0.6) is 0 Å². The first-order chi connectivity index (χ1) is 6.22. The Morgan fingerprint density at radius 3 is 2.46 bits per heavy atom. The van der Waals surface area contributed by atoms with Crippen molar-refractivity contribution in [2.45, 2.75) is 33.1 Å². The van der Waals surface area contributed by atoms with Crippen molar-refractivity contribution in [1.82, 2.24) is 0 Å². The molecule has 0 radical (unpaired) electrons. The van der Waals surface area contributed by atoms with Crippen molar-refractivity contribution in [2.24, 2.45) is 0 Å². The molecule has 0 aromatic rings. The van der Waals surface area contributed by atoms with Crippen molar-refractivity contribution in [3.63, 3.8) is 0 Å². The monoisotopic (exact) mass is 186 g/mol. The summed E-state index contributed by atoms with van der Waals surface area (Å²) < 4.78 is 9.79. The number of ether oxygens (including phenoxy) is 2. The summed E-state index contributed by atoms with van der Waals surface area (Å²) in [6, 6.07) is 0. The van der Waals surface area contributed by atoms with Crippen molar-refractivity contribution >= 4 is 5.97 Å². The fourth-order valence-corrected chi connectivity index (χ4v) is 0.818. The molecule has 3 heteroatoms. The Kier molecular flexibility index (Phi) is 7.07. The lowest BCUT2D eigenvalue weighted by atomic mass is 10.3. The summed E-state index contributed by atoms with van der Waals surface area (Å²) in [6.07, 6.45) is 3.19. The summed E-state index contributed by atoms with van der Waals surface area (Å²) in [7, 11) is 0. The van der Waals surface area contributed by atoms with Gasteiger partial charge in [0.2, 0.25) is 0 Å². The standard InChI is InChI=1S/C10H18O3/c1-4-6-7-8-13-9(3)10(11)12-5-2/h3-8H2,1-2H3. The number of rotatable bonds is 7. The molecule has 0 spiro atoms. The molecule has 3 nitrogen and oxygen atoms in total. The van der Waals surface area contributed by atoms with E-state index in [2.05, 4.69) is 13.5 Å². The van der Waals surface area contributed by atoms with Crippen LogP contribution in [0.2, 0.25) is 0 Å². The van der Waals surface area contributed by atoms with E-state index >= 15 is 0 Å². The molecule has 0 bridgehead atoms. The normalized spacial score (nSPS) is 9.38. The largest absolute Gasteiger partial charge is 0.487 e. The molecule has 0 fully saturated rings. The second-order valence-electron chi connectivity index (χ2n) is 2.70. The highest BCUT2D eigenvalue weighted by molar-refractivity contribution is 5.85. The Morgan fingerprint density at radius 2 is 1.92 bits per heavy atom. The highest BCUT2D eigenvalue weighted by Gasteiger charge is 2.07. The molecule has 76 valence electrons. The molecule has 0 atom stereocenters. The zero-order valence-corrected chi connectivity index (χ0v) is 8.47. The van der Waals surface area contributed by atoms with Crippen LogP contribution in [0.15, 0.2) is 12.3 Å². The van der Waals surface area contributed by atoms with E-state index < -0.39 is 5.97 Å². The first kappa shape index (κ1) is 12.0. The van der Waals surface area contributed by atoms with E-state index in [1.54, 1.807) is 6.92 Å². The van der Waals surface area contributed by atoms with Gasteiger partial charge in [-0.1, -0.05) is 19.8 Å². The third-order valence-corrected chi connectivity index (χ3v) is 1.53. The van der Waals surface area contributed by atoms with Crippen molar-refractivity contribution < 1.29 is 14.3 Å². The maximum absolute atomic E-state index is 11.0. The zero-order valence-electron chi connectivity index (χ0n) is 8.47. The van der Waals surface area contributed by atoms with E-state index in [-0.39, 0.29) is 5.76 Å². The van der Waals surface area contributed by atoms with E-state index in [9.17, 15) is 4.79 Å². The average Bonchev–Trinajstić information content (AvgIpc) is 2.12. The lowest BCUT2D eigenvalue weighted by Gasteiger charge is -2.07. The van der Waals surface area contributed by atoms with E-state index in [1.807, 2.05) is 0 Å². The summed E-state index contributed by atoms with van der Waals surface area (Å²) in [4.78, 5) is 11.0. The van der Waals surface area contributed by atoms with Crippen LogP contribution in [0.4, 0.5) is 0 Å². The Hall–Kier alpha value is -0.990. The molecule has 0 unspecified atom stereocenters. The van der Waals surface area contributed by atoms with Gasteiger partial charge in [-0.05, 0) is 19.9 Å². The van der Waals surface area contributed by atoms with Crippen molar-refractivity contribution in [3.05, 3.63) is 12.3 Å². The molecule has 13 heavy (non-hydrogen) atoms. The maximum Gasteiger partial charge on any atom is 0.372 e. The van der Waals surface area contributed by atoms with Gasteiger partial charge < -0.3 is 9.47 Å². The van der Waals surface area contributed by atoms with E-state index in [1.165, 1.54) is 0 Å². The molecule has 0 N–H and O–H groups in total. The van der Waals surface area contributed by atoms with E-state index in [0.717, 1.165) is 19.3 Å². The van der Waals surface area contributed by atoms with Crippen molar-refractivity contribution in [3.8, 4) is 0 Å². The van der Waals surface area contributed by atoms with Crippen LogP contribution in [0.25, 0.3) is 0 Å². The average molecular weight is 186 g/mol. The number of hydrogen-bond acceptors (Lipinski definition) is 3. The smallest absolute Gasteiger partial charge is 0.372 e. The summed E-state index contributed by atoms with van der Waals surface area (Å²) >= 11 is 0. The van der Waals surface area contributed by atoms with Crippen LogP contribution in [0.3, 0.4) is 0 Å². The number of hydrogen-bond donors (Lipinski definition) is 0. The number of esters is 1. The minimum absolute atomic E-state index is 0.109. The SMILES string of the molecule is C=C(OCCCCC)C(=O)OCC. The molecule has 0 saturated heterocycles. The van der Waals surface area contributed by atoms with Gasteiger partial charge in [0, 0.05) is 0 Å². The van der Waals surface area contributed by atoms with Crippen molar-refractivity contribution in [1.29, 1.82) is 0 Å². The Balaban J connectivity index is 3.44. The minimum Gasteiger partial charge on any atom is -0.487 e. The van der Waals surface area contributed by atoms with Gasteiger partial charge in [-0.25, -0.2) is 4.79 Å². The predicted octanol–water partition coefficient (Wildman–Crippen LogP) is 2.27. The van der Waals surface area contributed by atoms with Gasteiger partial charge in [-0.3, -0.25) is 0 Å². The molecule has 0 amide bonds. The Morgan fingerprint density at radius 1 is 1.23 bits per heavy atom. The molecule has 0 aliphatic carbocycles. The number of unbranched alkanes of at least 4 members (excludes halogenated alkanes) is 2. The summed E-state index contributed by atoms with van der Waals surface area (Å²) in [5, 5.41) is 0. The molecule has 0 aliphatic heterocycles. The van der Waals surface area contributed by atoms with Gasteiger partial charge in [0.05, 0.1) is 13.2 Å². The molecule has 0 aromatic carbocycles. The topological polar surface area (TPSA) is 35.5 Å². The fourth-order valence-electron chi connectivity index (χ4n) is 0.818. The van der Waals surface area contributed by atoms with Crippen LogP contribution in [-0.2, 0) is 14.3 Å². The fraction of sp³-hybridized carbons (Fsp3) is 0.700. The highest BCUT2D eigenvalue weighted by Crippen LogP contribution is 2.01. The summed E-state index contributed by atoms with van der Waals surface area (Å²) in [5.41, 5.74) is 0. The first-order valence-corrected chi connectivity index (χ1v) is 4.71. The summed E-state index contributed by atoms with van der Waals surface area (Å²) in [6.45, 7) is 8.24. The van der Waals surface area contributed by atoms with E-state index in [4.69, 9.17) is 9.47 Å². The molecule has 0 saturated carbocycles. The second-order valence-corrected chi connectivity index (χ2v) is 2.70. The molecular weight excluding hydrogens is 168 g/mol. The third-order valence-electron chi connectivity index (χ3n) is 1.53. The van der Waals surface area contributed by atoms with Gasteiger partial charge in [0.1, 0.15) is 0 Å². The summed E-state index contributed by atoms with van der Waals surface area (Å²) in [5.74, 6) is -0.350. The zero-order chi connectivity index (χ0) is 10.1. The van der Waals surface area contributed by atoms with Gasteiger partial charge in [-0.2, -0.15) is 0 Å². The Bertz CT molecular complexity index is 164. The van der Waals surface area contributed by atoms with Crippen LogP contribution in [0, 0.1) is 0 Å². The predicted molar refractivity (Wildman–Crippen MR) is 51.3 cm³/mol. The molecular formula is C10H18O3. The van der Waals surface area contributed by atoms with Crippen LogP contribution < -0.4 is 0 Å². The number of carbonyl (C=O) groups is 1. The van der Waals surface area contributed by atoms with Crippen LogP contribution in [0.1, 0.15) is 33.1 Å². The highest BCUT2D eigenvalue weighted by atomic mass is 16.6. The quantitative estimate of drug-likeness (QED) is 0.265. The lowest BCUT2D eigenvalue weighted by molar-refractivity contribution is -0.142. The minimum atomic E-state index is -0.459. The third kappa shape index (κ3) is 6.20. The molecule has 0 aromatic heterocycles. The molecule has 0 rings (SSSR count). The van der Waals surface area contributed by atoms with Crippen molar-refractivity contribution in [2.75, 3.05) is 13.2 Å². The van der Waals surface area contributed by atoms with Gasteiger partial charge in [-0.15, -0.1) is 0 Å². The first-order valence-electron chi connectivity index (χ1n) is 4.71. The van der Waals surface area contributed by atoms with Crippen LogP contribution >= 0.6 is 0 Å². The Labute approximate surface area is 79.7 Å². The maximum atomic E-state index is 11.0. The molecule has 0 aliphatic rings. The van der Waals surface area contributed by atoms with Crippen LogP contribution in [-0.4, -0.2) is 19.2 Å². The van der Waals surface area contributed by atoms with E-state index in [0.29, 0.717) is 13.2 Å². The van der Waals surface area contributed by atoms with Gasteiger partial charge in [0.15, 0.2) is 5.76 Å². The van der Waals surface area contributed by atoms with Gasteiger partial charge in [0.25, 0.3) is 0 Å². The molecule has 0 heterocycles. The lowest BCUT2D eigenvalue weighted by Crippen LogP contribution is -2.10.